The van der Waals surface area contributed by atoms with Crippen LogP contribution >= 0.6 is 0 Å². The van der Waals surface area contributed by atoms with E-state index in [1.165, 1.54) is 141 Å². The van der Waals surface area contributed by atoms with Crippen LogP contribution in [0.4, 0.5) is 0 Å². The molecule has 0 saturated heterocycles. The molecule has 0 aromatic carbocycles. The fourth-order valence-corrected chi connectivity index (χ4v) is 7.17. The van der Waals surface area contributed by atoms with Gasteiger partial charge in [-0.3, -0.25) is 9.69 Å². The first-order valence-electron chi connectivity index (χ1n) is 22.1. The van der Waals surface area contributed by atoms with E-state index in [1.807, 2.05) is 18.7 Å². The van der Waals surface area contributed by atoms with E-state index in [0.717, 1.165) is 77.5 Å². The van der Waals surface area contributed by atoms with Crippen LogP contribution < -0.4 is 0 Å². The van der Waals surface area contributed by atoms with E-state index in [1.54, 1.807) is 0 Å². The lowest BCUT2D eigenvalue weighted by Crippen LogP contribution is -2.35. The fourth-order valence-electron chi connectivity index (χ4n) is 7.17. The highest BCUT2D eigenvalue weighted by Crippen LogP contribution is 2.19. The van der Waals surface area contributed by atoms with Crippen molar-refractivity contribution < 1.29 is 14.6 Å². The Morgan fingerprint density at radius 2 is 1.08 bits per heavy atom. The van der Waals surface area contributed by atoms with Crippen LogP contribution in [-0.2, 0) is 16.1 Å². The second-order valence-electron chi connectivity index (χ2n) is 15.5. The molecule has 1 heterocycles. The Labute approximate surface area is 311 Å². The number of ether oxygens (including phenoxy) is 1. The van der Waals surface area contributed by atoms with Crippen molar-refractivity contribution in [3.63, 3.8) is 0 Å². The molecule has 294 valence electrons. The minimum Gasteiger partial charge on any atom is -0.462 e. The maximum atomic E-state index is 12.8. The largest absolute Gasteiger partial charge is 0.462 e. The summed E-state index contributed by atoms with van der Waals surface area (Å²) in [4.78, 5) is 19.4. The Bertz CT molecular complexity index is 801. The number of unbranched alkanes of at least 4 members (excludes halogenated alkanes) is 23. The van der Waals surface area contributed by atoms with Gasteiger partial charge in [0.2, 0.25) is 0 Å². The summed E-state index contributed by atoms with van der Waals surface area (Å²) < 4.78 is 8.18. The maximum Gasteiger partial charge on any atom is 0.306 e. The predicted octanol–water partition coefficient (Wildman–Crippen LogP) is 12.6. The fraction of sp³-hybridized carbons (Fsp3) is 0.909. The van der Waals surface area contributed by atoms with Crippen molar-refractivity contribution >= 4 is 5.97 Å². The molecule has 0 radical (unpaired) electrons. The minimum atomic E-state index is -0.246. The van der Waals surface area contributed by atoms with Crippen LogP contribution in [0.25, 0.3) is 0 Å². The number of hydrogen-bond acceptors (Lipinski definition) is 5. The lowest BCUT2D eigenvalue weighted by molar-refractivity contribution is -0.150. The summed E-state index contributed by atoms with van der Waals surface area (Å²) in [6.07, 6.45) is 43.4. The molecule has 1 aromatic rings. The number of aromatic nitrogens is 2. The number of rotatable bonds is 39. The van der Waals surface area contributed by atoms with Gasteiger partial charge in [-0.15, -0.1) is 0 Å². The second-order valence-corrected chi connectivity index (χ2v) is 15.5. The molecular weight excluding hydrogens is 619 g/mol. The lowest BCUT2D eigenvalue weighted by atomic mass is 10.0. The van der Waals surface area contributed by atoms with E-state index in [4.69, 9.17) is 4.74 Å². The molecule has 6 nitrogen and oxygen atoms in total. The van der Waals surface area contributed by atoms with Crippen molar-refractivity contribution in [2.75, 3.05) is 19.6 Å². The SMILES string of the molecule is CCCCCCCCCCCCC(O)CN(CCCCCCCC(=O)OC(CCCCCCCC)CCCCCCCC)CCn1ccnc1. The number of nitrogens with zero attached hydrogens (tertiary/aromatic N) is 3. The summed E-state index contributed by atoms with van der Waals surface area (Å²) >= 11 is 0. The Morgan fingerprint density at radius 3 is 1.58 bits per heavy atom. The van der Waals surface area contributed by atoms with Crippen molar-refractivity contribution in [2.24, 2.45) is 0 Å². The average Bonchev–Trinajstić information content (AvgIpc) is 3.64. The monoisotopic (exact) mass is 704 g/mol. The molecule has 0 spiro atoms. The van der Waals surface area contributed by atoms with Gasteiger partial charge >= 0.3 is 5.97 Å². The summed E-state index contributed by atoms with van der Waals surface area (Å²) in [5.74, 6) is 0.0223. The summed E-state index contributed by atoms with van der Waals surface area (Å²) in [6.45, 7) is 10.4. The van der Waals surface area contributed by atoms with Crippen LogP contribution in [0.2, 0.25) is 0 Å². The molecule has 1 rings (SSSR count). The van der Waals surface area contributed by atoms with Crippen molar-refractivity contribution in [3.05, 3.63) is 18.7 Å². The minimum absolute atomic E-state index is 0.0223. The molecular formula is C44H85N3O3. The number of carbonyl (C=O) groups is 1. The Hall–Kier alpha value is -1.40. The predicted molar refractivity (Wildman–Crippen MR) is 215 cm³/mol. The summed E-state index contributed by atoms with van der Waals surface area (Å²) in [5.41, 5.74) is 0. The van der Waals surface area contributed by atoms with E-state index in [-0.39, 0.29) is 18.2 Å². The summed E-state index contributed by atoms with van der Waals surface area (Å²) in [6, 6.07) is 0. The molecule has 1 aromatic heterocycles. The number of aliphatic hydroxyl groups excluding tert-OH is 1. The quantitative estimate of drug-likeness (QED) is 0.0546. The molecule has 0 aliphatic carbocycles. The molecule has 0 fully saturated rings. The van der Waals surface area contributed by atoms with Crippen molar-refractivity contribution in [1.82, 2.24) is 14.5 Å². The highest BCUT2D eigenvalue weighted by atomic mass is 16.5. The normalized spacial score (nSPS) is 12.4. The number of esters is 1. The highest BCUT2D eigenvalue weighted by molar-refractivity contribution is 5.69. The van der Waals surface area contributed by atoms with Gasteiger partial charge in [0.25, 0.3) is 0 Å². The molecule has 0 aliphatic heterocycles. The first-order valence-corrected chi connectivity index (χ1v) is 22.1. The number of aliphatic hydroxyl groups is 1. The molecule has 0 amide bonds. The molecule has 6 heteroatoms. The molecule has 50 heavy (non-hydrogen) atoms. The van der Waals surface area contributed by atoms with E-state index >= 15 is 0 Å². The van der Waals surface area contributed by atoms with E-state index in [9.17, 15) is 9.90 Å². The molecule has 1 atom stereocenters. The van der Waals surface area contributed by atoms with Crippen molar-refractivity contribution in [3.8, 4) is 0 Å². The van der Waals surface area contributed by atoms with Crippen molar-refractivity contribution in [2.45, 2.75) is 239 Å². The van der Waals surface area contributed by atoms with Crippen LogP contribution in [0.5, 0.6) is 0 Å². The third kappa shape index (κ3) is 30.2. The van der Waals surface area contributed by atoms with Gasteiger partial charge < -0.3 is 14.4 Å². The Morgan fingerprint density at radius 1 is 0.620 bits per heavy atom. The van der Waals surface area contributed by atoms with Gasteiger partial charge in [0.05, 0.1) is 12.4 Å². The third-order valence-electron chi connectivity index (χ3n) is 10.5. The zero-order valence-corrected chi connectivity index (χ0v) is 33.7. The first kappa shape index (κ1) is 46.6. The Kier molecular flexibility index (Phi) is 33.5. The van der Waals surface area contributed by atoms with E-state index in [2.05, 4.69) is 35.2 Å². The topological polar surface area (TPSA) is 67.6 Å². The van der Waals surface area contributed by atoms with Crippen LogP contribution in [-0.4, -0.2) is 57.4 Å². The van der Waals surface area contributed by atoms with Crippen LogP contribution in [0, 0.1) is 0 Å². The van der Waals surface area contributed by atoms with Crippen molar-refractivity contribution in [1.29, 1.82) is 0 Å². The second kappa shape index (κ2) is 36.0. The number of carbonyl (C=O) groups excluding carboxylic acids is 1. The average molecular weight is 704 g/mol. The van der Waals surface area contributed by atoms with Crippen LogP contribution in [0.15, 0.2) is 18.7 Å². The van der Waals surface area contributed by atoms with Gasteiger partial charge in [-0.1, -0.05) is 168 Å². The highest BCUT2D eigenvalue weighted by Gasteiger charge is 2.15. The molecule has 0 saturated carbocycles. The van der Waals surface area contributed by atoms with Crippen LogP contribution in [0.3, 0.4) is 0 Å². The lowest BCUT2D eigenvalue weighted by Gasteiger charge is -2.25. The standard InChI is InChI=1S/C44H85N3O3/c1-4-7-10-13-16-17-18-19-21-26-31-42(48)40-46(38-39-47-37-35-45-41-47)36-30-25-20-24-29-34-44(49)50-43(32-27-22-14-11-8-5-2)33-28-23-15-12-9-6-3/h35,37,41-43,48H,4-34,36,38-40H2,1-3H3. The zero-order valence-electron chi connectivity index (χ0n) is 33.7. The van der Waals surface area contributed by atoms with Gasteiger partial charge in [0, 0.05) is 38.4 Å². The zero-order chi connectivity index (χ0) is 36.2. The maximum absolute atomic E-state index is 12.8. The van der Waals surface area contributed by atoms with Gasteiger partial charge in [0.1, 0.15) is 6.10 Å². The summed E-state index contributed by atoms with van der Waals surface area (Å²) in [5, 5.41) is 10.9. The van der Waals surface area contributed by atoms with Gasteiger partial charge in [-0.2, -0.15) is 0 Å². The summed E-state index contributed by atoms with van der Waals surface area (Å²) in [7, 11) is 0. The van der Waals surface area contributed by atoms with E-state index < -0.39 is 0 Å². The number of hydrogen-bond donors (Lipinski definition) is 1. The van der Waals surface area contributed by atoms with Gasteiger partial charge in [-0.25, -0.2) is 4.98 Å². The van der Waals surface area contributed by atoms with E-state index in [0.29, 0.717) is 6.42 Å². The van der Waals surface area contributed by atoms with Gasteiger partial charge in [-0.05, 0) is 51.5 Å². The molecule has 1 unspecified atom stereocenters. The molecule has 0 aliphatic rings. The molecule has 1 N–H and O–H groups in total. The smallest absolute Gasteiger partial charge is 0.306 e. The first-order chi connectivity index (χ1) is 24.6. The third-order valence-corrected chi connectivity index (χ3v) is 10.5. The Balaban J connectivity index is 2.28. The van der Waals surface area contributed by atoms with Gasteiger partial charge in [0.15, 0.2) is 0 Å². The molecule has 0 bridgehead atoms. The van der Waals surface area contributed by atoms with Crippen LogP contribution in [0.1, 0.15) is 220 Å². The number of imidazole rings is 1.